The van der Waals surface area contributed by atoms with Crippen molar-refractivity contribution in [2.24, 2.45) is 10.9 Å². The average Bonchev–Trinajstić information content (AvgIpc) is 3.44. The minimum absolute atomic E-state index is 0.136. The number of rotatable bonds is 11. The van der Waals surface area contributed by atoms with Gasteiger partial charge in [0.1, 0.15) is 11.9 Å². The summed E-state index contributed by atoms with van der Waals surface area (Å²) in [6.45, 7) is 11.1. The first kappa shape index (κ1) is 22.8. The molecule has 2 aliphatic rings. The van der Waals surface area contributed by atoms with E-state index in [1.807, 2.05) is 0 Å². The van der Waals surface area contributed by atoms with Crippen LogP contribution in [0, 0.1) is 12.8 Å². The summed E-state index contributed by atoms with van der Waals surface area (Å²) in [5.41, 5.74) is 2.28. The van der Waals surface area contributed by atoms with Gasteiger partial charge in [0.05, 0.1) is 33.0 Å². The zero-order valence-corrected chi connectivity index (χ0v) is 18.5. The molecule has 7 nitrogen and oxygen atoms in total. The molecule has 0 bridgehead atoms. The molecule has 2 unspecified atom stereocenters. The number of nitrogens with zero attached hydrogens (tertiary/aromatic N) is 1. The molecule has 1 aromatic rings. The zero-order valence-electron chi connectivity index (χ0n) is 18.5. The van der Waals surface area contributed by atoms with Gasteiger partial charge in [0.25, 0.3) is 0 Å². The third kappa shape index (κ3) is 7.78. The van der Waals surface area contributed by atoms with Crippen LogP contribution < -0.4 is 15.4 Å². The molecule has 0 aromatic heterocycles. The molecule has 30 heavy (non-hydrogen) atoms. The second-order valence-corrected chi connectivity index (χ2v) is 7.99. The minimum atomic E-state index is 0.136. The van der Waals surface area contributed by atoms with Crippen LogP contribution in [0.2, 0.25) is 0 Å². The molecule has 7 heteroatoms. The van der Waals surface area contributed by atoms with E-state index in [-0.39, 0.29) is 6.10 Å². The van der Waals surface area contributed by atoms with Crippen molar-refractivity contribution >= 4 is 5.96 Å². The maximum atomic E-state index is 6.19. The maximum absolute atomic E-state index is 6.19. The van der Waals surface area contributed by atoms with E-state index in [1.54, 1.807) is 0 Å². The Bertz CT molecular complexity index is 656. The number of nitrogens with one attached hydrogen (secondary N) is 2. The molecule has 168 valence electrons. The first-order valence-corrected chi connectivity index (χ1v) is 11.3. The topological polar surface area (TPSA) is 73.3 Å². The second-order valence-electron chi connectivity index (χ2n) is 7.99. The fraction of sp³-hybridized carbons (Fsp3) is 0.696. The Labute approximate surface area is 180 Å². The number of hydrogen-bond donors (Lipinski definition) is 2. The van der Waals surface area contributed by atoms with Gasteiger partial charge in [-0.3, -0.25) is 0 Å². The smallest absolute Gasteiger partial charge is 0.191 e. The Morgan fingerprint density at radius 1 is 1.17 bits per heavy atom. The van der Waals surface area contributed by atoms with Crippen LogP contribution in [-0.2, 0) is 20.8 Å². The van der Waals surface area contributed by atoms with Crippen molar-refractivity contribution < 1.29 is 18.9 Å². The van der Waals surface area contributed by atoms with Gasteiger partial charge in [-0.1, -0.05) is 12.1 Å². The van der Waals surface area contributed by atoms with Crippen LogP contribution in [0.4, 0.5) is 0 Å². The Kier molecular flexibility index (Phi) is 9.73. The van der Waals surface area contributed by atoms with Crippen molar-refractivity contribution in [2.75, 3.05) is 52.7 Å². The van der Waals surface area contributed by atoms with Crippen LogP contribution in [-0.4, -0.2) is 64.8 Å². The summed E-state index contributed by atoms with van der Waals surface area (Å²) in [7, 11) is 0. The fourth-order valence-corrected chi connectivity index (χ4v) is 3.54. The van der Waals surface area contributed by atoms with Crippen molar-refractivity contribution in [1.29, 1.82) is 0 Å². The summed E-state index contributed by atoms with van der Waals surface area (Å²) in [4.78, 5) is 4.76. The van der Waals surface area contributed by atoms with Gasteiger partial charge in [-0.15, -0.1) is 0 Å². The van der Waals surface area contributed by atoms with Crippen LogP contribution >= 0.6 is 0 Å². The number of guanidine groups is 1. The monoisotopic (exact) mass is 419 g/mol. The lowest BCUT2D eigenvalue weighted by atomic mass is 10.1. The molecule has 3 rings (SSSR count). The molecule has 2 N–H and O–H groups in total. The molecule has 0 spiro atoms. The van der Waals surface area contributed by atoms with Gasteiger partial charge in [0, 0.05) is 44.2 Å². The molecule has 0 radical (unpaired) electrons. The molecular formula is C23H37N3O4. The van der Waals surface area contributed by atoms with Gasteiger partial charge >= 0.3 is 0 Å². The van der Waals surface area contributed by atoms with Crippen LogP contribution in [0.3, 0.4) is 0 Å². The molecule has 0 saturated carbocycles. The Morgan fingerprint density at radius 3 is 2.80 bits per heavy atom. The SMILES string of the molecule is CCNC(=NCc1ccc(C)cc1OC1CCOC1)NCCCOCC1CCOC1. The van der Waals surface area contributed by atoms with E-state index < -0.39 is 0 Å². The van der Waals surface area contributed by atoms with E-state index in [2.05, 4.69) is 42.7 Å². The van der Waals surface area contributed by atoms with E-state index in [0.29, 0.717) is 19.1 Å². The third-order valence-electron chi connectivity index (χ3n) is 5.29. The van der Waals surface area contributed by atoms with Crippen LogP contribution in [0.5, 0.6) is 5.75 Å². The highest BCUT2D eigenvalue weighted by molar-refractivity contribution is 5.79. The quantitative estimate of drug-likeness (QED) is 0.326. The molecule has 2 fully saturated rings. The second kappa shape index (κ2) is 12.8. The number of benzene rings is 1. The van der Waals surface area contributed by atoms with E-state index in [4.69, 9.17) is 23.9 Å². The number of hydrogen-bond acceptors (Lipinski definition) is 5. The van der Waals surface area contributed by atoms with Crippen molar-refractivity contribution in [1.82, 2.24) is 10.6 Å². The Morgan fingerprint density at radius 2 is 2.03 bits per heavy atom. The van der Waals surface area contributed by atoms with Gasteiger partial charge in [0.15, 0.2) is 5.96 Å². The zero-order chi connectivity index (χ0) is 21.0. The predicted molar refractivity (Wildman–Crippen MR) is 118 cm³/mol. The molecule has 0 aliphatic carbocycles. The van der Waals surface area contributed by atoms with E-state index >= 15 is 0 Å². The van der Waals surface area contributed by atoms with Gasteiger partial charge in [-0.2, -0.15) is 0 Å². The van der Waals surface area contributed by atoms with E-state index in [1.165, 1.54) is 5.56 Å². The Hall–Kier alpha value is -1.83. The van der Waals surface area contributed by atoms with Gasteiger partial charge in [0.2, 0.25) is 0 Å². The fourth-order valence-electron chi connectivity index (χ4n) is 3.54. The molecular weight excluding hydrogens is 382 g/mol. The van der Waals surface area contributed by atoms with E-state index in [0.717, 1.165) is 82.7 Å². The lowest BCUT2D eigenvalue weighted by Gasteiger charge is -2.16. The normalized spacial score (nSPS) is 21.7. The third-order valence-corrected chi connectivity index (χ3v) is 5.29. The molecule has 2 heterocycles. The summed E-state index contributed by atoms with van der Waals surface area (Å²) in [6, 6.07) is 6.31. The number of ether oxygens (including phenoxy) is 4. The van der Waals surface area contributed by atoms with Crippen molar-refractivity contribution in [3.8, 4) is 5.75 Å². The maximum Gasteiger partial charge on any atom is 0.191 e. The Balaban J connectivity index is 1.45. The highest BCUT2D eigenvalue weighted by Gasteiger charge is 2.19. The molecule has 2 atom stereocenters. The van der Waals surface area contributed by atoms with Gasteiger partial charge in [-0.25, -0.2) is 4.99 Å². The summed E-state index contributed by atoms with van der Waals surface area (Å²) >= 11 is 0. The predicted octanol–water partition coefficient (Wildman–Crippen LogP) is 2.66. The van der Waals surface area contributed by atoms with Crippen molar-refractivity contribution in [3.63, 3.8) is 0 Å². The average molecular weight is 420 g/mol. The minimum Gasteiger partial charge on any atom is -0.488 e. The number of aryl methyl sites for hydroxylation is 1. The highest BCUT2D eigenvalue weighted by atomic mass is 16.5. The van der Waals surface area contributed by atoms with Gasteiger partial charge in [-0.05, 0) is 38.3 Å². The lowest BCUT2D eigenvalue weighted by molar-refractivity contribution is 0.0888. The van der Waals surface area contributed by atoms with Crippen molar-refractivity contribution in [3.05, 3.63) is 29.3 Å². The summed E-state index contributed by atoms with van der Waals surface area (Å²) in [5, 5.41) is 6.71. The van der Waals surface area contributed by atoms with E-state index in [9.17, 15) is 0 Å². The van der Waals surface area contributed by atoms with Crippen LogP contribution in [0.15, 0.2) is 23.2 Å². The van der Waals surface area contributed by atoms with Gasteiger partial charge < -0.3 is 29.6 Å². The molecule has 0 amide bonds. The molecule has 1 aromatic carbocycles. The standard InChI is InChI=1S/C23H37N3O4/c1-3-24-23(25-9-4-10-27-15-19-7-11-28-16-19)26-14-20-6-5-18(2)13-22(20)30-21-8-12-29-17-21/h5-6,13,19,21H,3-4,7-12,14-17H2,1-2H3,(H2,24,25,26). The number of aliphatic imine (C=N–C) groups is 1. The first-order chi connectivity index (χ1) is 14.7. The largest absolute Gasteiger partial charge is 0.488 e. The summed E-state index contributed by atoms with van der Waals surface area (Å²) in [5.74, 6) is 2.30. The summed E-state index contributed by atoms with van der Waals surface area (Å²) in [6.07, 6.45) is 3.14. The molecule has 2 saturated heterocycles. The summed E-state index contributed by atoms with van der Waals surface area (Å²) < 4.78 is 22.8. The first-order valence-electron chi connectivity index (χ1n) is 11.3. The van der Waals surface area contributed by atoms with Crippen LogP contribution in [0.25, 0.3) is 0 Å². The van der Waals surface area contributed by atoms with Crippen molar-refractivity contribution in [2.45, 2.75) is 45.8 Å². The highest BCUT2D eigenvalue weighted by Crippen LogP contribution is 2.24. The van der Waals surface area contributed by atoms with Crippen LogP contribution in [0.1, 0.15) is 37.3 Å². The molecule has 2 aliphatic heterocycles. The lowest BCUT2D eigenvalue weighted by Crippen LogP contribution is -2.38.